The number of nitrogens with one attached hydrogen (secondary N) is 1. The molecule has 2 amide bonds. The van der Waals surface area contributed by atoms with Crippen LogP contribution in [0.4, 0.5) is 0 Å². The molecule has 0 unspecified atom stereocenters. The smallest absolute Gasteiger partial charge is 0.258 e. The lowest BCUT2D eigenvalue weighted by Gasteiger charge is -2.17. The van der Waals surface area contributed by atoms with E-state index >= 15 is 0 Å². The highest BCUT2D eigenvalue weighted by molar-refractivity contribution is 7.16. The number of imide groups is 1. The minimum absolute atomic E-state index is 0.344. The summed E-state index contributed by atoms with van der Waals surface area (Å²) in [5.74, 6) is -0.697. The fourth-order valence-corrected chi connectivity index (χ4v) is 3.71. The van der Waals surface area contributed by atoms with Crippen LogP contribution in [0.1, 0.15) is 20.8 Å². The summed E-state index contributed by atoms with van der Waals surface area (Å²) in [5, 5.41) is 2.40. The maximum atomic E-state index is 12.3. The number of rotatable bonds is 2. The van der Waals surface area contributed by atoms with Crippen LogP contribution in [0.2, 0.25) is 0 Å². The monoisotopic (exact) mass is 331 g/mol. The maximum absolute atomic E-state index is 12.3. The first kappa shape index (κ1) is 14.6. The summed E-state index contributed by atoms with van der Waals surface area (Å²) in [4.78, 5) is 26.3. The minimum atomic E-state index is -0.353. The topological polar surface area (TPSA) is 46.2 Å². The van der Waals surface area contributed by atoms with Gasteiger partial charge in [-0.3, -0.25) is 14.9 Å². The van der Waals surface area contributed by atoms with Crippen LogP contribution in [0.15, 0.2) is 66.7 Å². The first-order chi connectivity index (χ1) is 11.7. The summed E-state index contributed by atoms with van der Waals surface area (Å²) in [6, 6.07) is 21.3. The Kier molecular flexibility index (Phi) is 3.59. The van der Waals surface area contributed by atoms with E-state index in [4.69, 9.17) is 0 Å². The third-order valence-electron chi connectivity index (χ3n) is 3.91. The Morgan fingerprint density at radius 1 is 0.750 bits per heavy atom. The molecule has 3 aromatic rings. The molecule has 0 saturated carbocycles. The van der Waals surface area contributed by atoms with E-state index < -0.39 is 0 Å². The summed E-state index contributed by atoms with van der Waals surface area (Å²) in [6.45, 7) is 0. The summed E-state index contributed by atoms with van der Waals surface area (Å²) in [7, 11) is 0. The Balaban J connectivity index is 1.76. The van der Waals surface area contributed by atoms with Crippen molar-refractivity contribution in [3.8, 4) is 10.4 Å². The van der Waals surface area contributed by atoms with Gasteiger partial charge in [0.15, 0.2) is 0 Å². The number of thiophene rings is 1. The zero-order valence-corrected chi connectivity index (χ0v) is 13.5. The molecule has 0 atom stereocenters. The average molecular weight is 331 g/mol. The van der Waals surface area contributed by atoms with Gasteiger partial charge >= 0.3 is 0 Å². The zero-order chi connectivity index (χ0) is 16.5. The normalized spacial score (nSPS) is 15.2. The fraction of sp³-hybridized carbons (Fsp3) is 0. The first-order valence-electron chi connectivity index (χ1n) is 7.54. The van der Waals surface area contributed by atoms with Gasteiger partial charge in [-0.05, 0) is 35.4 Å². The highest BCUT2D eigenvalue weighted by Crippen LogP contribution is 2.32. The van der Waals surface area contributed by atoms with Crippen molar-refractivity contribution in [1.29, 1.82) is 0 Å². The van der Waals surface area contributed by atoms with Gasteiger partial charge in [0.2, 0.25) is 0 Å². The molecule has 0 radical (unpaired) electrons. The number of hydrogen-bond donors (Lipinski definition) is 1. The van der Waals surface area contributed by atoms with Crippen LogP contribution in [-0.4, -0.2) is 11.8 Å². The zero-order valence-electron chi connectivity index (χ0n) is 12.7. The molecule has 1 aliphatic rings. The van der Waals surface area contributed by atoms with E-state index in [1.165, 1.54) is 0 Å². The molecule has 0 bridgehead atoms. The molecule has 24 heavy (non-hydrogen) atoms. The molecular weight excluding hydrogens is 318 g/mol. The minimum Gasteiger partial charge on any atom is -0.288 e. The Bertz CT molecular complexity index is 970. The second kappa shape index (κ2) is 5.91. The van der Waals surface area contributed by atoms with Crippen LogP contribution in [0.3, 0.4) is 0 Å². The van der Waals surface area contributed by atoms with Crippen molar-refractivity contribution in [2.45, 2.75) is 0 Å². The molecule has 1 aliphatic heterocycles. The SMILES string of the molecule is O=C1NC(=O)c2ccccc2/C1=C\c1ccc(-c2ccccc2)s1. The van der Waals surface area contributed by atoms with Gasteiger partial charge in [-0.1, -0.05) is 48.5 Å². The molecule has 0 fully saturated rings. The van der Waals surface area contributed by atoms with Gasteiger partial charge in [0, 0.05) is 20.9 Å². The number of fused-ring (bicyclic) bond motifs is 1. The van der Waals surface area contributed by atoms with E-state index in [-0.39, 0.29) is 11.8 Å². The van der Waals surface area contributed by atoms with Crippen molar-refractivity contribution < 1.29 is 9.59 Å². The van der Waals surface area contributed by atoms with E-state index in [1.807, 2.05) is 48.5 Å². The van der Waals surface area contributed by atoms with Gasteiger partial charge in [0.05, 0.1) is 0 Å². The Morgan fingerprint density at radius 3 is 2.25 bits per heavy atom. The Morgan fingerprint density at radius 2 is 1.46 bits per heavy atom. The molecule has 1 N–H and O–H groups in total. The van der Waals surface area contributed by atoms with Gasteiger partial charge in [-0.2, -0.15) is 0 Å². The number of carbonyl (C=O) groups is 2. The summed E-state index contributed by atoms with van der Waals surface area (Å²) in [6.07, 6.45) is 1.84. The molecule has 116 valence electrons. The number of hydrogen-bond acceptors (Lipinski definition) is 3. The highest BCUT2D eigenvalue weighted by atomic mass is 32.1. The van der Waals surface area contributed by atoms with E-state index in [2.05, 4.69) is 17.4 Å². The third-order valence-corrected chi connectivity index (χ3v) is 4.99. The third kappa shape index (κ3) is 2.57. The summed E-state index contributed by atoms with van der Waals surface area (Å²) in [5.41, 5.74) is 2.88. The van der Waals surface area contributed by atoms with Crippen molar-refractivity contribution in [3.63, 3.8) is 0 Å². The predicted molar refractivity (Wildman–Crippen MR) is 96.5 cm³/mol. The van der Waals surface area contributed by atoms with E-state index in [9.17, 15) is 9.59 Å². The fourth-order valence-electron chi connectivity index (χ4n) is 2.75. The van der Waals surface area contributed by atoms with Crippen molar-refractivity contribution in [3.05, 3.63) is 82.7 Å². The summed E-state index contributed by atoms with van der Waals surface area (Å²) < 4.78 is 0. The van der Waals surface area contributed by atoms with Gasteiger partial charge in [0.25, 0.3) is 11.8 Å². The predicted octanol–water partition coefficient (Wildman–Crippen LogP) is 4.23. The van der Waals surface area contributed by atoms with Gasteiger partial charge in [-0.25, -0.2) is 0 Å². The quantitative estimate of drug-likeness (QED) is 0.564. The molecule has 4 rings (SSSR count). The lowest BCUT2D eigenvalue weighted by molar-refractivity contribution is -0.114. The Hall–Kier alpha value is -2.98. The molecule has 3 nitrogen and oxygen atoms in total. The number of carbonyl (C=O) groups excluding carboxylic acids is 2. The van der Waals surface area contributed by atoms with Crippen molar-refractivity contribution >= 4 is 34.8 Å². The van der Waals surface area contributed by atoms with Gasteiger partial charge in [-0.15, -0.1) is 11.3 Å². The van der Waals surface area contributed by atoms with Gasteiger partial charge in [0.1, 0.15) is 0 Å². The van der Waals surface area contributed by atoms with Crippen LogP contribution < -0.4 is 5.32 Å². The van der Waals surface area contributed by atoms with E-state index in [0.29, 0.717) is 16.7 Å². The first-order valence-corrected chi connectivity index (χ1v) is 8.36. The standard InChI is InChI=1S/C20H13NO2S/c22-19-16-9-5-4-8-15(16)17(20(23)21-19)12-14-10-11-18(24-14)13-6-2-1-3-7-13/h1-12H,(H,21,22,23)/b17-12+. The lowest BCUT2D eigenvalue weighted by atomic mass is 9.94. The molecule has 1 aromatic heterocycles. The second-order valence-corrected chi connectivity index (χ2v) is 6.57. The van der Waals surface area contributed by atoms with Gasteiger partial charge < -0.3 is 0 Å². The van der Waals surface area contributed by atoms with Crippen LogP contribution >= 0.6 is 11.3 Å². The molecule has 2 aromatic carbocycles. The molecule has 0 aliphatic carbocycles. The maximum Gasteiger partial charge on any atom is 0.258 e. The Labute approximate surface area is 143 Å². The van der Waals surface area contributed by atoms with Crippen molar-refractivity contribution in [2.24, 2.45) is 0 Å². The molecule has 0 spiro atoms. The van der Waals surface area contributed by atoms with Crippen molar-refractivity contribution in [2.75, 3.05) is 0 Å². The molecular formula is C20H13NO2S. The van der Waals surface area contributed by atoms with Crippen LogP contribution in [0.5, 0.6) is 0 Å². The van der Waals surface area contributed by atoms with E-state index in [1.54, 1.807) is 23.5 Å². The highest BCUT2D eigenvalue weighted by Gasteiger charge is 2.26. The van der Waals surface area contributed by atoms with Crippen LogP contribution in [-0.2, 0) is 4.79 Å². The second-order valence-electron chi connectivity index (χ2n) is 5.45. The largest absolute Gasteiger partial charge is 0.288 e. The van der Waals surface area contributed by atoms with Crippen LogP contribution in [0.25, 0.3) is 22.1 Å². The lowest BCUT2D eigenvalue weighted by Crippen LogP contribution is -2.36. The van der Waals surface area contributed by atoms with E-state index in [0.717, 1.165) is 15.3 Å². The molecule has 0 saturated heterocycles. The molecule has 2 heterocycles. The summed E-state index contributed by atoms with van der Waals surface area (Å²) >= 11 is 1.62. The average Bonchev–Trinajstić information content (AvgIpc) is 3.08. The van der Waals surface area contributed by atoms with Crippen molar-refractivity contribution in [1.82, 2.24) is 5.32 Å². The molecule has 4 heteroatoms. The number of amides is 2. The van der Waals surface area contributed by atoms with Crippen LogP contribution in [0, 0.1) is 0 Å². The number of benzene rings is 2.